The van der Waals surface area contributed by atoms with Crippen LogP contribution in [0.1, 0.15) is 136 Å². The normalized spacial score (nSPS) is 15.2. The molecule has 3 unspecified atom stereocenters. The summed E-state index contributed by atoms with van der Waals surface area (Å²) in [6.45, 7) is 4.77. The number of aliphatic hydroxyl groups excluding tert-OH is 1. The molecule has 0 aromatic heterocycles. The maximum Gasteiger partial charge on any atom is 0.472 e. The SMILES string of the molecule is CCCC/C=C\CCCCCCC(=O)NC(COP(=O)(O)OCC[N+](C)(C)C)C(O)CCCCCCCCCCC. The summed E-state index contributed by atoms with van der Waals surface area (Å²) < 4.78 is 23.3. The number of phosphoric acid groups is 1. The van der Waals surface area contributed by atoms with Crippen LogP contribution in [0.2, 0.25) is 0 Å². The molecule has 41 heavy (non-hydrogen) atoms. The number of rotatable bonds is 29. The van der Waals surface area contributed by atoms with Crippen LogP contribution in [0.4, 0.5) is 0 Å². The molecule has 0 spiro atoms. The Kier molecular flexibility index (Phi) is 25.2. The van der Waals surface area contributed by atoms with Gasteiger partial charge in [-0.15, -0.1) is 0 Å². The number of nitrogens with zero attached hydrogens (tertiary/aromatic N) is 1. The van der Waals surface area contributed by atoms with E-state index in [9.17, 15) is 19.4 Å². The first-order valence-electron chi connectivity index (χ1n) is 16.6. The van der Waals surface area contributed by atoms with Gasteiger partial charge in [-0.05, 0) is 32.1 Å². The Hall–Kier alpha value is -0.760. The Morgan fingerprint density at radius 3 is 1.95 bits per heavy atom. The number of unbranched alkanes of at least 4 members (excludes halogenated alkanes) is 14. The molecule has 0 aliphatic rings. The van der Waals surface area contributed by atoms with E-state index in [1.807, 2.05) is 21.1 Å². The maximum absolute atomic E-state index is 12.7. The van der Waals surface area contributed by atoms with Gasteiger partial charge in [0.25, 0.3) is 0 Å². The number of hydrogen-bond acceptors (Lipinski definition) is 5. The van der Waals surface area contributed by atoms with Gasteiger partial charge in [0.05, 0.1) is 39.9 Å². The van der Waals surface area contributed by atoms with Crippen molar-refractivity contribution in [1.82, 2.24) is 5.32 Å². The van der Waals surface area contributed by atoms with Gasteiger partial charge in [-0.2, -0.15) is 0 Å². The molecule has 0 rings (SSSR count). The Bertz CT molecular complexity index is 698. The molecule has 0 aromatic carbocycles. The van der Waals surface area contributed by atoms with E-state index in [-0.39, 0.29) is 19.1 Å². The zero-order valence-electron chi connectivity index (χ0n) is 27.3. The second-order valence-electron chi connectivity index (χ2n) is 12.5. The fourth-order valence-corrected chi connectivity index (χ4v) is 5.23. The van der Waals surface area contributed by atoms with Crippen molar-refractivity contribution in [3.63, 3.8) is 0 Å². The highest BCUT2D eigenvalue weighted by Gasteiger charge is 2.28. The maximum atomic E-state index is 12.7. The summed E-state index contributed by atoms with van der Waals surface area (Å²) in [5.41, 5.74) is 0. The molecule has 8 nitrogen and oxygen atoms in total. The Morgan fingerprint density at radius 1 is 0.805 bits per heavy atom. The van der Waals surface area contributed by atoms with Crippen molar-refractivity contribution in [2.24, 2.45) is 0 Å². The molecule has 0 saturated heterocycles. The lowest BCUT2D eigenvalue weighted by Gasteiger charge is -2.26. The van der Waals surface area contributed by atoms with E-state index in [1.165, 1.54) is 51.4 Å². The number of quaternary nitrogens is 1. The highest BCUT2D eigenvalue weighted by atomic mass is 31.2. The highest BCUT2D eigenvalue weighted by molar-refractivity contribution is 7.47. The molecule has 1 amide bonds. The Labute approximate surface area is 252 Å². The van der Waals surface area contributed by atoms with Crippen molar-refractivity contribution in [1.29, 1.82) is 0 Å². The van der Waals surface area contributed by atoms with E-state index in [4.69, 9.17) is 9.05 Å². The first kappa shape index (κ1) is 40.2. The van der Waals surface area contributed by atoms with Crippen molar-refractivity contribution in [2.75, 3.05) is 40.9 Å². The van der Waals surface area contributed by atoms with Gasteiger partial charge in [0, 0.05) is 6.42 Å². The van der Waals surface area contributed by atoms with E-state index in [0.29, 0.717) is 23.9 Å². The predicted molar refractivity (Wildman–Crippen MR) is 171 cm³/mol. The standard InChI is InChI=1S/C32H65N2O6P/c1-6-8-10-12-14-16-18-20-22-24-26-32(36)33-30(29-40-41(37,38)39-28-27-34(3,4)5)31(35)25-23-21-19-17-15-13-11-9-7-2/h12,14,30-31,35H,6-11,13,15-29H2,1-5H3,(H-,33,36,37,38)/p+1/b14-12-. The highest BCUT2D eigenvalue weighted by Crippen LogP contribution is 2.43. The molecule has 0 aromatic rings. The summed E-state index contributed by atoms with van der Waals surface area (Å²) in [5.74, 6) is -0.164. The molecule has 0 bridgehead atoms. The van der Waals surface area contributed by atoms with E-state index in [2.05, 4.69) is 31.3 Å². The van der Waals surface area contributed by atoms with Crippen molar-refractivity contribution in [3.8, 4) is 0 Å². The Balaban J connectivity index is 4.58. The first-order valence-corrected chi connectivity index (χ1v) is 18.0. The average Bonchev–Trinajstić information content (AvgIpc) is 2.90. The van der Waals surface area contributed by atoms with Gasteiger partial charge in [0.15, 0.2) is 0 Å². The predicted octanol–water partition coefficient (Wildman–Crippen LogP) is 7.68. The largest absolute Gasteiger partial charge is 0.472 e. The second-order valence-corrected chi connectivity index (χ2v) is 14.0. The van der Waals surface area contributed by atoms with Crippen LogP contribution in [0.5, 0.6) is 0 Å². The van der Waals surface area contributed by atoms with Crippen molar-refractivity contribution in [2.45, 2.75) is 148 Å². The first-order chi connectivity index (χ1) is 19.5. The summed E-state index contributed by atoms with van der Waals surface area (Å²) in [7, 11) is 1.60. The van der Waals surface area contributed by atoms with E-state index >= 15 is 0 Å². The quantitative estimate of drug-likeness (QED) is 0.0350. The number of hydrogen-bond donors (Lipinski definition) is 3. The van der Waals surface area contributed by atoms with E-state index in [0.717, 1.165) is 57.8 Å². The summed E-state index contributed by atoms with van der Waals surface area (Å²) in [6.07, 6.45) is 23.8. The third kappa shape index (κ3) is 27.8. The summed E-state index contributed by atoms with van der Waals surface area (Å²) in [6, 6.07) is -0.757. The monoisotopic (exact) mass is 605 g/mol. The molecule has 0 fully saturated rings. The number of likely N-dealkylation sites (N-methyl/N-ethyl adjacent to an activating group) is 1. The molecule has 244 valence electrons. The zero-order chi connectivity index (χ0) is 30.8. The summed E-state index contributed by atoms with van der Waals surface area (Å²) in [5, 5.41) is 13.7. The van der Waals surface area contributed by atoms with Crippen molar-refractivity contribution in [3.05, 3.63) is 12.2 Å². The van der Waals surface area contributed by atoms with Gasteiger partial charge < -0.3 is 19.8 Å². The zero-order valence-corrected chi connectivity index (χ0v) is 28.2. The molecule has 0 saturated carbocycles. The molecule has 3 N–H and O–H groups in total. The van der Waals surface area contributed by atoms with Crippen LogP contribution in [-0.4, -0.2) is 73.4 Å². The number of phosphoric ester groups is 1. The van der Waals surface area contributed by atoms with Gasteiger partial charge in [0.1, 0.15) is 13.2 Å². The third-order valence-corrected chi connectivity index (χ3v) is 8.25. The van der Waals surface area contributed by atoms with Gasteiger partial charge in [0.2, 0.25) is 5.91 Å². The molecular weight excluding hydrogens is 539 g/mol. The number of carbonyl (C=O) groups excluding carboxylic acids is 1. The van der Waals surface area contributed by atoms with Gasteiger partial charge in [-0.25, -0.2) is 4.57 Å². The fraction of sp³-hybridized carbons (Fsp3) is 0.906. The smallest absolute Gasteiger partial charge is 0.391 e. The molecular formula is C32H66N2O6P+. The van der Waals surface area contributed by atoms with Crippen molar-refractivity contribution < 1.29 is 32.9 Å². The molecule has 9 heteroatoms. The molecule has 0 radical (unpaired) electrons. The molecule has 0 heterocycles. The van der Waals surface area contributed by atoms with Gasteiger partial charge in [-0.3, -0.25) is 13.8 Å². The lowest BCUT2D eigenvalue weighted by Crippen LogP contribution is -2.46. The van der Waals surface area contributed by atoms with E-state index in [1.54, 1.807) is 0 Å². The molecule has 0 aliphatic heterocycles. The third-order valence-electron chi connectivity index (χ3n) is 7.26. The lowest BCUT2D eigenvalue weighted by atomic mass is 10.0. The number of amides is 1. The van der Waals surface area contributed by atoms with E-state index < -0.39 is 20.0 Å². The number of aliphatic hydroxyl groups is 1. The van der Waals surface area contributed by atoms with Crippen LogP contribution >= 0.6 is 7.82 Å². The fourth-order valence-electron chi connectivity index (χ4n) is 4.49. The molecule has 3 atom stereocenters. The average molecular weight is 606 g/mol. The lowest BCUT2D eigenvalue weighted by molar-refractivity contribution is -0.870. The minimum Gasteiger partial charge on any atom is -0.391 e. The second kappa shape index (κ2) is 25.7. The minimum atomic E-state index is -4.29. The van der Waals surface area contributed by atoms with Gasteiger partial charge >= 0.3 is 7.82 Å². The van der Waals surface area contributed by atoms with Gasteiger partial charge in [-0.1, -0.05) is 109 Å². The number of allylic oxidation sites excluding steroid dienone is 2. The summed E-state index contributed by atoms with van der Waals surface area (Å²) in [4.78, 5) is 22.8. The summed E-state index contributed by atoms with van der Waals surface area (Å²) >= 11 is 0. The van der Waals surface area contributed by atoms with Crippen LogP contribution in [0.3, 0.4) is 0 Å². The van der Waals surface area contributed by atoms with Crippen molar-refractivity contribution >= 4 is 13.7 Å². The number of nitrogens with one attached hydrogen (secondary N) is 1. The molecule has 0 aliphatic carbocycles. The van der Waals surface area contributed by atoms with Crippen LogP contribution < -0.4 is 5.32 Å². The minimum absolute atomic E-state index is 0.0732. The Morgan fingerprint density at radius 2 is 1.34 bits per heavy atom. The topological polar surface area (TPSA) is 105 Å². The van der Waals surface area contributed by atoms with Crippen LogP contribution in [-0.2, 0) is 18.4 Å². The number of carbonyl (C=O) groups is 1. The van der Waals surface area contributed by atoms with Crippen LogP contribution in [0, 0.1) is 0 Å². The van der Waals surface area contributed by atoms with Crippen LogP contribution in [0.15, 0.2) is 12.2 Å². The van der Waals surface area contributed by atoms with Crippen LogP contribution in [0.25, 0.3) is 0 Å².